The first-order valence-corrected chi connectivity index (χ1v) is 19.4. The third kappa shape index (κ3) is 29.9. The number of quaternary nitrogens is 1. The number of unbranched alkanes of at least 4 members (excludes halogenated alkanes) is 19. The van der Waals surface area contributed by atoms with Crippen LogP contribution in [0.5, 0.6) is 0 Å². The monoisotopic (exact) mass is 636 g/mol. The van der Waals surface area contributed by atoms with Gasteiger partial charge in [-0.15, -0.1) is 0 Å². The lowest BCUT2D eigenvalue weighted by atomic mass is 10.0. The highest BCUT2D eigenvalue weighted by atomic mass is 31.2. The molecule has 8 nitrogen and oxygen atoms in total. The van der Waals surface area contributed by atoms with E-state index in [2.05, 4.69) is 19.2 Å². The van der Waals surface area contributed by atoms with Crippen LogP contribution in [0.15, 0.2) is 0 Å². The fourth-order valence-corrected chi connectivity index (χ4v) is 5.90. The number of likely N-dealkylation sites (N-methyl/N-ethyl adjacent to an activating group) is 1. The lowest BCUT2D eigenvalue weighted by Crippen LogP contribution is -2.46. The molecule has 0 spiro atoms. The Balaban J connectivity index is 4.13. The summed E-state index contributed by atoms with van der Waals surface area (Å²) >= 11 is 0. The van der Waals surface area contributed by atoms with E-state index in [1.807, 2.05) is 21.1 Å². The summed E-state index contributed by atoms with van der Waals surface area (Å²) in [6.07, 6.45) is 26.3. The molecule has 0 bridgehead atoms. The molecule has 3 atom stereocenters. The summed E-state index contributed by atoms with van der Waals surface area (Å²) in [6, 6.07) is -0.748. The second kappa shape index (κ2) is 27.8. The Bertz CT molecular complexity index is 688. The molecule has 258 valence electrons. The average molecular weight is 636 g/mol. The summed E-state index contributed by atoms with van der Waals surface area (Å²) in [5, 5.41) is 13.7. The predicted molar refractivity (Wildman–Crippen MR) is 180 cm³/mol. The van der Waals surface area contributed by atoms with E-state index in [0.29, 0.717) is 23.9 Å². The van der Waals surface area contributed by atoms with Crippen molar-refractivity contribution in [1.82, 2.24) is 5.32 Å². The summed E-state index contributed by atoms with van der Waals surface area (Å²) in [4.78, 5) is 22.5. The van der Waals surface area contributed by atoms with Crippen molar-refractivity contribution in [3.8, 4) is 0 Å². The highest BCUT2D eigenvalue weighted by Crippen LogP contribution is 2.43. The molecule has 1 amide bonds. The molecule has 0 aromatic heterocycles. The largest absolute Gasteiger partial charge is 0.472 e. The molecular weight excluding hydrogens is 563 g/mol. The number of nitrogens with zero attached hydrogens (tertiary/aromatic N) is 1. The van der Waals surface area contributed by atoms with Gasteiger partial charge in [0.1, 0.15) is 13.2 Å². The fourth-order valence-electron chi connectivity index (χ4n) is 5.16. The lowest BCUT2D eigenvalue weighted by Gasteiger charge is -2.26. The van der Waals surface area contributed by atoms with Crippen molar-refractivity contribution in [2.45, 2.75) is 174 Å². The molecule has 0 fully saturated rings. The minimum atomic E-state index is -4.28. The van der Waals surface area contributed by atoms with E-state index in [0.717, 1.165) is 38.5 Å². The molecule has 0 aliphatic heterocycles. The molecule has 9 heteroatoms. The normalized spacial score (nSPS) is 14.9. The zero-order valence-electron chi connectivity index (χ0n) is 29.0. The molecule has 0 saturated heterocycles. The zero-order valence-corrected chi connectivity index (χ0v) is 29.9. The van der Waals surface area contributed by atoms with Crippen LogP contribution in [0.2, 0.25) is 0 Å². The molecule has 0 rings (SSSR count). The van der Waals surface area contributed by atoms with Crippen LogP contribution >= 0.6 is 7.82 Å². The zero-order chi connectivity index (χ0) is 32.2. The summed E-state index contributed by atoms with van der Waals surface area (Å²) in [6.45, 7) is 4.71. The summed E-state index contributed by atoms with van der Waals surface area (Å²) < 4.78 is 23.3. The van der Waals surface area contributed by atoms with Crippen LogP contribution in [0.3, 0.4) is 0 Å². The van der Waals surface area contributed by atoms with Crippen LogP contribution in [0.4, 0.5) is 0 Å². The smallest absolute Gasteiger partial charge is 0.391 e. The second-order valence-electron chi connectivity index (χ2n) is 13.6. The maximum absolute atomic E-state index is 12.4. The van der Waals surface area contributed by atoms with Crippen molar-refractivity contribution >= 4 is 13.7 Å². The van der Waals surface area contributed by atoms with Gasteiger partial charge in [0.25, 0.3) is 0 Å². The number of nitrogens with one attached hydrogen (secondary N) is 1. The molecule has 0 aliphatic carbocycles. The van der Waals surface area contributed by atoms with Crippen molar-refractivity contribution in [1.29, 1.82) is 0 Å². The van der Waals surface area contributed by atoms with Crippen molar-refractivity contribution in [3.05, 3.63) is 0 Å². The van der Waals surface area contributed by atoms with Crippen molar-refractivity contribution in [2.24, 2.45) is 0 Å². The Morgan fingerprint density at radius 2 is 1.12 bits per heavy atom. The Labute approximate surface area is 266 Å². The number of phosphoric acid groups is 1. The van der Waals surface area contributed by atoms with E-state index in [9.17, 15) is 19.4 Å². The predicted octanol–water partition coefficient (Wildman–Crippen LogP) is 8.68. The lowest BCUT2D eigenvalue weighted by molar-refractivity contribution is -0.870. The Kier molecular flexibility index (Phi) is 27.5. The standard InChI is InChI=1S/C34H71N2O6P/c1-6-8-10-11-12-13-14-15-16-17-18-19-20-21-22-23-24-26-27-33(37)32(35-34(38)28-25-9-7-2)31-42-43(39,40)41-30-29-36(3,4)5/h32-33,37H,6-31H2,1-5H3,(H-,35,38,39,40)/p+1. The van der Waals surface area contributed by atoms with Gasteiger partial charge in [0.15, 0.2) is 0 Å². The van der Waals surface area contributed by atoms with Gasteiger partial charge in [0, 0.05) is 6.42 Å². The van der Waals surface area contributed by atoms with Gasteiger partial charge in [-0.05, 0) is 12.8 Å². The number of rotatable bonds is 32. The number of carbonyl (C=O) groups is 1. The maximum atomic E-state index is 12.4. The first-order chi connectivity index (χ1) is 20.5. The highest BCUT2D eigenvalue weighted by molar-refractivity contribution is 7.47. The molecule has 3 N–H and O–H groups in total. The number of amides is 1. The third-order valence-electron chi connectivity index (χ3n) is 8.11. The van der Waals surface area contributed by atoms with Crippen molar-refractivity contribution in [2.75, 3.05) is 40.9 Å². The van der Waals surface area contributed by atoms with Gasteiger partial charge in [-0.25, -0.2) is 4.57 Å². The second-order valence-corrected chi connectivity index (χ2v) is 15.1. The van der Waals surface area contributed by atoms with Gasteiger partial charge in [-0.1, -0.05) is 142 Å². The topological polar surface area (TPSA) is 105 Å². The summed E-state index contributed by atoms with van der Waals surface area (Å²) in [7, 11) is 1.62. The fraction of sp³-hybridized carbons (Fsp3) is 0.971. The van der Waals surface area contributed by atoms with Gasteiger partial charge >= 0.3 is 7.82 Å². The van der Waals surface area contributed by atoms with Crippen LogP contribution in [0.25, 0.3) is 0 Å². The number of aliphatic hydroxyl groups excluding tert-OH is 1. The van der Waals surface area contributed by atoms with Crippen LogP contribution in [0, 0.1) is 0 Å². The van der Waals surface area contributed by atoms with Crippen molar-refractivity contribution in [3.63, 3.8) is 0 Å². The number of hydrogen-bond acceptors (Lipinski definition) is 5. The average Bonchev–Trinajstić information content (AvgIpc) is 2.93. The van der Waals surface area contributed by atoms with E-state index in [1.165, 1.54) is 96.3 Å². The number of aliphatic hydroxyl groups is 1. The molecule has 43 heavy (non-hydrogen) atoms. The summed E-state index contributed by atoms with van der Waals surface area (Å²) in [5.41, 5.74) is 0. The number of phosphoric ester groups is 1. The minimum absolute atomic E-state index is 0.0766. The van der Waals surface area contributed by atoms with Crippen LogP contribution in [-0.2, 0) is 18.4 Å². The third-order valence-corrected chi connectivity index (χ3v) is 9.09. The van der Waals surface area contributed by atoms with Gasteiger partial charge in [-0.3, -0.25) is 13.8 Å². The Morgan fingerprint density at radius 3 is 1.56 bits per heavy atom. The molecule has 0 aromatic rings. The minimum Gasteiger partial charge on any atom is -0.391 e. The number of carbonyl (C=O) groups excluding carboxylic acids is 1. The SMILES string of the molecule is CCCCCCCCCCCCCCCCCCCCC(O)C(COP(=O)(O)OCC[N+](C)(C)C)NC(=O)CCCCC. The molecule has 0 radical (unpaired) electrons. The quantitative estimate of drug-likeness (QED) is 0.0388. The van der Waals surface area contributed by atoms with Gasteiger partial charge in [0.2, 0.25) is 5.91 Å². The first kappa shape index (κ1) is 42.5. The van der Waals surface area contributed by atoms with Crippen LogP contribution < -0.4 is 5.32 Å². The van der Waals surface area contributed by atoms with Gasteiger partial charge in [0.05, 0.1) is 39.9 Å². The van der Waals surface area contributed by atoms with E-state index in [1.54, 1.807) is 0 Å². The van der Waals surface area contributed by atoms with E-state index < -0.39 is 20.0 Å². The Morgan fingerprint density at radius 1 is 0.698 bits per heavy atom. The highest BCUT2D eigenvalue weighted by Gasteiger charge is 2.28. The van der Waals surface area contributed by atoms with Gasteiger partial charge in [-0.2, -0.15) is 0 Å². The van der Waals surface area contributed by atoms with E-state index >= 15 is 0 Å². The van der Waals surface area contributed by atoms with Crippen LogP contribution in [0.1, 0.15) is 162 Å². The molecule has 0 heterocycles. The van der Waals surface area contributed by atoms with E-state index in [4.69, 9.17) is 9.05 Å². The molecule has 0 aromatic carbocycles. The maximum Gasteiger partial charge on any atom is 0.472 e. The molecule has 0 saturated carbocycles. The van der Waals surface area contributed by atoms with Gasteiger partial charge < -0.3 is 19.8 Å². The summed E-state index contributed by atoms with van der Waals surface area (Å²) in [5.74, 6) is -0.169. The molecular formula is C34H72N2O6P+. The number of hydrogen-bond donors (Lipinski definition) is 3. The first-order valence-electron chi connectivity index (χ1n) is 17.9. The van der Waals surface area contributed by atoms with Crippen LogP contribution in [-0.4, -0.2) is 73.4 Å². The van der Waals surface area contributed by atoms with Crippen molar-refractivity contribution < 1.29 is 32.9 Å². The Hall–Kier alpha value is -0.500. The van der Waals surface area contributed by atoms with E-state index in [-0.39, 0.29) is 19.1 Å². The molecule has 0 aliphatic rings. The molecule has 3 unspecified atom stereocenters.